The average molecular weight is 451 g/mol. The van der Waals surface area contributed by atoms with Gasteiger partial charge in [0.1, 0.15) is 0 Å². The summed E-state index contributed by atoms with van der Waals surface area (Å²) in [5.41, 5.74) is 3.84. The Kier molecular flexibility index (Phi) is 7.18. The summed E-state index contributed by atoms with van der Waals surface area (Å²) in [5, 5.41) is 6.71. The number of ether oxygens (including phenoxy) is 1. The number of thioether (sulfide) groups is 1. The van der Waals surface area contributed by atoms with Crippen molar-refractivity contribution in [3.63, 3.8) is 0 Å². The summed E-state index contributed by atoms with van der Waals surface area (Å²) in [7, 11) is 0. The molecule has 1 aromatic heterocycles. The number of aryl methyl sites for hydroxylation is 2. The number of nitrogens with zero attached hydrogens (tertiary/aromatic N) is 4. The molecule has 0 radical (unpaired) electrons. The number of carbonyl (C=O) groups excluding carboxylic acids is 1. The highest BCUT2D eigenvalue weighted by Gasteiger charge is 2.18. The van der Waals surface area contributed by atoms with Crippen LogP contribution in [0.15, 0.2) is 53.7 Å². The Labute approximate surface area is 191 Å². The predicted molar refractivity (Wildman–Crippen MR) is 128 cm³/mol. The van der Waals surface area contributed by atoms with Crippen LogP contribution in [0.3, 0.4) is 0 Å². The summed E-state index contributed by atoms with van der Waals surface area (Å²) in [6.45, 7) is 6.67. The van der Waals surface area contributed by atoms with Crippen LogP contribution in [0.1, 0.15) is 11.1 Å². The number of aromatic nitrogens is 3. The molecule has 1 saturated heterocycles. The zero-order valence-electron chi connectivity index (χ0n) is 18.2. The SMILES string of the molecule is Cc1ccc(C)c(NC(=O)CSc2nc(Nc3ccccc3)nc(N3CCOCC3)n2)c1. The zero-order valence-corrected chi connectivity index (χ0v) is 19.0. The van der Waals surface area contributed by atoms with Gasteiger partial charge in [-0.2, -0.15) is 15.0 Å². The van der Waals surface area contributed by atoms with Gasteiger partial charge in [-0.15, -0.1) is 0 Å². The molecule has 0 unspecified atom stereocenters. The number of hydrogen-bond donors (Lipinski definition) is 2. The van der Waals surface area contributed by atoms with Gasteiger partial charge in [0.15, 0.2) is 5.16 Å². The second-order valence-electron chi connectivity index (χ2n) is 7.49. The summed E-state index contributed by atoms with van der Waals surface area (Å²) >= 11 is 1.29. The fourth-order valence-electron chi connectivity index (χ4n) is 3.21. The van der Waals surface area contributed by atoms with Crippen molar-refractivity contribution in [2.24, 2.45) is 0 Å². The minimum Gasteiger partial charge on any atom is -0.378 e. The normalized spacial score (nSPS) is 13.6. The van der Waals surface area contributed by atoms with Gasteiger partial charge in [0.05, 0.1) is 19.0 Å². The van der Waals surface area contributed by atoms with Crippen LogP contribution in [0.25, 0.3) is 0 Å². The second kappa shape index (κ2) is 10.4. The highest BCUT2D eigenvalue weighted by atomic mass is 32.2. The molecule has 9 heteroatoms. The van der Waals surface area contributed by atoms with E-state index in [4.69, 9.17) is 4.74 Å². The Morgan fingerprint density at radius 2 is 1.84 bits per heavy atom. The van der Waals surface area contributed by atoms with Crippen molar-refractivity contribution in [1.29, 1.82) is 0 Å². The van der Waals surface area contributed by atoms with Crippen molar-refractivity contribution in [2.75, 3.05) is 47.6 Å². The molecule has 8 nitrogen and oxygen atoms in total. The largest absolute Gasteiger partial charge is 0.378 e. The van der Waals surface area contributed by atoms with Gasteiger partial charge < -0.3 is 20.3 Å². The molecule has 3 aromatic rings. The fraction of sp³-hybridized carbons (Fsp3) is 0.304. The Morgan fingerprint density at radius 3 is 2.62 bits per heavy atom. The van der Waals surface area contributed by atoms with Crippen molar-refractivity contribution in [2.45, 2.75) is 19.0 Å². The predicted octanol–water partition coefficient (Wildman–Crippen LogP) is 3.80. The van der Waals surface area contributed by atoms with E-state index >= 15 is 0 Å². The van der Waals surface area contributed by atoms with Crippen LogP contribution in [0.2, 0.25) is 0 Å². The first kappa shape index (κ1) is 22.0. The summed E-state index contributed by atoms with van der Waals surface area (Å²) in [6, 6.07) is 15.7. The van der Waals surface area contributed by atoms with Gasteiger partial charge in [0.2, 0.25) is 17.8 Å². The molecule has 1 fully saturated rings. The monoisotopic (exact) mass is 450 g/mol. The van der Waals surface area contributed by atoms with Crippen LogP contribution in [0.5, 0.6) is 0 Å². The molecule has 0 aliphatic carbocycles. The Morgan fingerprint density at radius 1 is 1.06 bits per heavy atom. The Hall–Kier alpha value is -3.17. The van der Waals surface area contributed by atoms with Crippen LogP contribution in [0, 0.1) is 13.8 Å². The first-order valence-corrected chi connectivity index (χ1v) is 11.5. The third-order valence-corrected chi connectivity index (χ3v) is 5.77. The van der Waals surface area contributed by atoms with E-state index in [0.717, 1.165) is 22.5 Å². The van der Waals surface area contributed by atoms with Crippen molar-refractivity contribution in [3.8, 4) is 0 Å². The number of benzene rings is 2. The number of anilines is 4. The Balaban J connectivity index is 1.49. The maximum Gasteiger partial charge on any atom is 0.234 e. The molecule has 0 spiro atoms. The highest BCUT2D eigenvalue weighted by Crippen LogP contribution is 2.22. The van der Waals surface area contributed by atoms with E-state index in [1.54, 1.807) is 0 Å². The van der Waals surface area contributed by atoms with E-state index in [0.29, 0.717) is 43.4 Å². The molecular weight excluding hydrogens is 424 g/mol. The molecule has 2 N–H and O–H groups in total. The standard InChI is InChI=1S/C23H26N6O2S/c1-16-8-9-17(2)19(14-16)25-20(30)15-32-23-27-21(24-18-6-4-3-5-7-18)26-22(28-23)29-10-12-31-13-11-29/h3-9,14H,10-13,15H2,1-2H3,(H,25,30)(H,24,26,27,28). The van der Waals surface area contributed by atoms with Gasteiger partial charge >= 0.3 is 0 Å². The van der Waals surface area contributed by atoms with Crippen LogP contribution in [-0.4, -0.2) is 52.9 Å². The zero-order chi connectivity index (χ0) is 22.3. The van der Waals surface area contributed by atoms with Crippen LogP contribution < -0.4 is 15.5 Å². The molecular formula is C23H26N6O2S. The third-order valence-electron chi connectivity index (χ3n) is 4.93. The topological polar surface area (TPSA) is 92.3 Å². The first-order valence-electron chi connectivity index (χ1n) is 10.5. The summed E-state index contributed by atoms with van der Waals surface area (Å²) < 4.78 is 5.44. The summed E-state index contributed by atoms with van der Waals surface area (Å²) in [4.78, 5) is 28.4. The first-order chi connectivity index (χ1) is 15.6. The summed E-state index contributed by atoms with van der Waals surface area (Å²) in [6.07, 6.45) is 0. The smallest absolute Gasteiger partial charge is 0.234 e. The van der Waals surface area contributed by atoms with Crippen LogP contribution >= 0.6 is 11.8 Å². The lowest BCUT2D eigenvalue weighted by molar-refractivity contribution is -0.113. The van der Waals surface area contributed by atoms with E-state index in [9.17, 15) is 4.79 Å². The molecule has 2 aromatic carbocycles. The van der Waals surface area contributed by atoms with E-state index < -0.39 is 0 Å². The molecule has 0 atom stereocenters. The van der Waals surface area contributed by atoms with Crippen molar-refractivity contribution < 1.29 is 9.53 Å². The van der Waals surface area contributed by atoms with E-state index in [1.165, 1.54) is 11.8 Å². The third kappa shape index (κ3) is 5.95. The molecule has 166 valence electrons. The van der Waals surface area contributed by atoms with E-state index in [2.05, 4.69) is 30.5 Å². The fourth-order valence-corrected chi connectivity index (χ4v) is 3.84. The molecule has 32 heavy (non-hydrogen) atoms. The second-order valence-corrected chi connectivity index (χ2v) is 8.43. The van der Waals surface area contributed by atoms with Crippen molar-refractivity contribution in [3.05, 3.63) is 59.7 Å². The minimum absolute atomic E-state index is 0.102. The quantitative estimate of drug-likeness (QED) is 0.525. The maximum atomic E-state index is 12.6. The van der Waals surface area contributed by atoms with Gasteiger partial charge in [-0.3, -0.25) is 4.79 Å². The lowest BCUT2D eigenvalue weighted by Gasteiger charge is -2.27. The van der Waals surface area contributed by atoms with E-state index in [1.807, 2.05) is 62.4 Å². The number of amides is 1. The Bertz CT molecular complexity index is 1070. The molecule has 2 heterocycles. The van der Waals surface area contributed by atoms with Gasteiger partial charge in [-0.25, -0.2) is 0 Å². The lowest BCUT2D eigenvalue weighted by Crippen LogP contribution is -2.37. The van der Waals surface area contributed by atoms with Crippen LogP contribution in [-0.2, 0) is 9.53 Å². The maximum absolute atomic E-state index is 12.6. The highest BCUT2D eigenvalue weighted by molar-refractivity contribution is 7.99. The van der Waals surface area contributed by atoms with Crippen LogP contribution in [0.4, 0.5) is 23.3 Å². The number of hydrogen-bond acceptors (Lipinski definition) is 8. The minimum atomic E-state index is -0.102. The average Bonchev–Trinajstić information content (AvgIpc) is 2.81. The number of carbonyl (C=O) groups is 1. The number of rotatable bonds is 7. The molecule has 1 aliphatic rings. The van der Waals surface area contributed by atoms with Gasteiger partial charge in [0, 0.05) is 24.5 Å². The van der Waals surface area contributed by atoms with Crippen molar-refractivity contribution >= 4 is 40.9 Å². The molecule has 0 saturated carbocycles. The van der Waals surface area contributed by atoms with E-state index in [-0.39, 0.29) is 11.7 Å². The van der Waals surface area contributed by atoms with Gasteiger partial charge in [-0.05, 0) is 43.2 Å². The lowest BCUT2D eigenvalue weighted by atomic mass is 10.1. The van der Waals surface area contributed by atoms with Gasteiger partial charge in [0.25, 0.3) is 0 Å². The molecule has 4 rings (SSSR count). The molecule has 1 aliphatic heterocycles. The number of nitrogens with one attached hydrogen (secondary N) is 2. The number of morpholine rings is 1. The van der Waals surface area contributed by atoms with Crippen molar-refractivity contribution in [1.82, 2.24) is 15.0 Å². The summed E-state index contributed by atoms with van der Waals surface area (Å²) in [5.74, 6) is 1.13. The molecule has 1 amide bonds. The van der Waals surface area contributed by atoms with Gasteiger partial charge in [-0.1, -0.05) is 42.1 Å². The number of para-hydroxylation sites is 1. The molecule has 0 bridgehead atoms.